The van der Waals surface area contributed by atoms with E-state index in [1.54, 1.807) is 7.05 Å². The molecule has 23 heavy (non-hydrogen) atoms. The summed E-state index contributed by atoms with van der Waals surface area (Å²) < 4.78 is 91.2. The minimum absolute atomic E-state index is 0.0488. The Morgan fingerprint density at radius 2 is 1.74 bits per heavy atom. The van der Waals surface area contributed by atoms with Crippen molar-refractivity contribution >= 4 is 9.84 Å². The van der Waals surface area contributed by atoms with Crippen LogP contribution in [0.3, 0.4) is 0 Å². The van der Waals surface area contributed by atoms with Crippen molar-refractivity contribution in [1.29, 1.82) is 0 Å². The van der Waals surface area contributed by atoms with E-state index < -0.39 is 37.3 Å². The van der Waals surface area contributed by atoms with E-state index in [1.165, 1.54) is 0 Å². The third-order valence-corrected chi connectivity index (χ3v) is 6.36. The Bertz CT molecular complexity index is 679. The molecule has 0 amide bonds. The van der Waals surface area contributed by atoms with Gasteiger partial charge >= 0.3 is 6.18 Å². The molecule has 0 unspecified atom stereocenters. The fraction of sp³-hybridized carbons (Fsp3) is 0.571. The van der Waals surface area contributed by atoms with Gasteiger partial charge in [0.2, 0.25) is 14.8 Å². The van der Waals surface area contributed by atoms with Crippen molar-refractivity contribution in [2.75, 3.05) is 7.05 Å². The summed E-state index contributed by atoms with van der Waals surface area (Å²) >= 11 is 0. The van der Waals surface area contributed by atoms with E-state index in [0.717, 1.165) is 0 Å². The normalized spacial score (nSPS) is 26.3. The van der Waals surface area contributed by atoms with Crippen LogP contribution in [0.5, 0.6) is 0 Å². The van der Waals surface area contributed by atoms with Gasteiger partial charge in [0, 0.05) is 6.04 Å². The van der Waals surface area contributed by atoms with Crippen molar-refractivity contribution in [1.82, 2.24) is 5.32 Å². The lowest BCUT2D eigenvalue weighted by atomic mass is 9.93. The average Bonchev–Trinajstić information content (AvgIpc) is 2.46. The SMILES string of the molecule is CN[C@H]1CC[C@@](F)(S(=O)(=O)c2cc(F)cc(C(F)(F)F)c2)CC1. The molecule has 0 heterocycles. The van der Waals surface area contributed by atoms with Gasteiger partial charge in [-0.2, -0.15) is 13.2 Å². The highest BCUT2D eigenvalue weighted by molar-refractivity contribution is 7.92. The van der Waals surface area contributed by atoms with Gasteiger partial charge in [-0.25, -0.2) is 17.2 Å². The molecule has 0 atom stereocenters. The van der Waals surface area contributed by atoms with Gasteiger partial charge in [-0.1, -0.05) is 0 Å². The first kappa shape index (κ1) is 18.1. The first-order chi connectivity index (χ1) is 10.5. The van der Waals surface area contributed by atoms with E-state index in [-0.39, 0.29) is 43.9 Å². The number of hydrogen-bond acceptors (Lipinski definition) is 3. The number of sulfone groups is 1. The molecule has 0 spiro atoms. The number of alkyl halides is 4. The molecule has 0 saturated heterocycles. The second kappa shape index (κ2) is 6.01. The topological polar surface area (TPSA) is 46.2 Å². The van der Waals surface area contributed by atoms with Crippen LogP contribution in [0.1, 0.15) is 31.2 Å². The largest absolute Gasteiger partial charge is 0.416 e. The molecule has 1 aromatic carbocycles. The van der Waals surface area contributed by atoms with Crippen LogP contribution in [0.4, 0.5) is 22.0 Å². The summed E-state index contributed by atoms with van der Waals surface area (Å²) in [5.41, 5.74) is -1.46. The highest BCUT2D eigenvalue weighted by atomic mass is 32.2. The van der Waals surface area contributed by atoms with Crippen LogP contribution >= 0.6 is 0 Å². The molecule has 0 aromatic heterocycles. The molecule has 3 nitrogen and oxygen atoms in total. The van der Waals surface area contributed by atoms with Gasteiger partial charge in [0.05, 0.1) is 10.5 Å². The summed E-state index contributed by atoms with van der Waals surface area (Å²) in [5, 5.41) is 0.217. The molecule has 1 aliphatic rings. The molecule has 1 aromatic rings. The summed E-state index contributed by atoms with van der Waals surface area (Å²) in [6, 6.07) is 0.842. The van der Waals surface area contributed by atoms with Gasteiger partial charge in [-0.15, -0.1) is 0 Å². The van der Waals surface area contributed by atoms with E-state index >= 15 is 0 Å². The summed E-state index contributed by atoms with van der Waals surface area (Å²) in [6.45, 7) is 0. The van der Waals surface area contributed by atoms with Crippen molar-refractivity contribution in [3.05, 3.63) is 29.6 Å². The molecular weight excluding hydrogens is 341 g/mol. The molecule has 9 heteroatoms. The monoisotopic (exact) mass is 357 g/mol. The molecule has 2 rings (SSSR count). The van der Waals surface area contributed by atoms with Gasteiger partial charge in [-0.3, -0.25) is 0 Å². The van der Waals surface area contributed by atoms with E-state index in [2.05, 4.69) is 5.32 Å². The van der Waals surface area contributed by atoms with Gasteiger partial charge in [-0.05, 0) is 50.9 Å². The zero-order chi connectivity index (χ0) is 17.5. The Morgan fingerprint density at radius 1 is 1.17 bits per heavy atom. The number of hydrogen-bond donors (Lipinski definition) is 1. The van der Waals surface area contributed by atoms with Crippen molar-refractivity contribution in [2.24, 2.45) is 0 Å². The quantitative estimate of drug-likeness (QED) is 0.843. The zero-order valence-electron chi connectivity index (χ0n) is 12.3. The Hall–Kier alpha value is -1.22. The van der Waals surface area contributed by atoms with Crippen molar-refractivity contribution in [2.45, 2.75) is 47.8 Å². The van der Waals surface area contributed by atoms with Gasteiger partial charge in [0.1, 0.15) is 5.82 Å². The third-order valence-electron chi connectivity index (χ3n) is 4.13. The fourth-order valence-electron chi connectivity index (χ4n) is 2.70. The highest BCUT2D eigenvalue weighted by Gasteiger charge is 2.48. The number of nitrogens with one attached hydrogen (secondary N) is 1. The van der Waals surface area contributed by atoms with Crippen molar-refractivity contribution in [3.63, 3.8) is 0 Å². The third kappa shape index (κ3) is 3.50. The molecule has 0 radical (unpaired) electrons. The van der Waals surface area contributed by atoms with E-state index in [1.807, 2.05) is 0 Å². The summed E-state index contributed by atoms with van der Waals surface area (Å²) in [6.07, 6.45) is -5.15. The minimum atomic E-state index is -4.92. The Labute approximate surface area is 130 Å². The van der Waals surface area contributed by atoms with Crippen LogP contribution in [0.15, 0.2) is 23.1 Å². The first-order valence-electron chi connectivity index (χ1n) is 6.98. The maximum Gasteiger partial charge on any atom is 0.416 e. The zero-order valence-corrected chi connectivity index (χ0v) is 13.1. The predicted octanol–water partition coefficient (Wildman–Crippen LogP) is 3.45. The van der Waals surface area contributed by atoms with E-state index in [0.29, 0.717) is 6.07 Å². The maximum absolute atomic E-state index is 14.9. The number of rotatable bonds is 3. The Kier molecular flexibility index (Phi) is 4.74. The Morgan fingerprint density at radius 3 is 2.22 bits per heavy atom. The molecule has 0 aliphatic heterocycles. The maximum atomic E-state index is 14.9. The van der Waals surface area contributed by atoms with Crippen LogP contribution in [0.25, 0.3) is 0 Å². The van der Waals surface area contributed by atoms with Crippen LogP contribution in [0.2, 0.25) is 0 Å². The smallest absolute Gasteiger partial charge is 0.317 e. The van der Waals surface area contributed by atoms with Crippen LogP contribution in [0, 0.1) is 5.82 Å². The number of halogens is 5. The van der Waals surface area contributed by atoms with Crippen molar-refractivity contribution < 1.29 is 30.4 Å². The summed E-state index contributed by atoms with van der Waals surface area (Å²) in [7, 11) is -3.07. The first-order valence-corrected chi connectivity index (χ1v) is 8.46. The second-order valence-corrected chi connectivity index (χ2v) is 7.83. The minimum Gasteiger partial charge on any atom is -0.317 e. The van der Waals surface area contributed by atoms with Gasteiger partial charge in [0.15, 0.2) is 0 Å². The van der Waals surface area contributed by atoms with Crippen LogP contribution < -0.4 is 5.32 Å². The van der Waals surface area contributed by atoms with Gasteiger partial charge in [0.25, 0.3) is 0 Å². The molecule has 1 fully saturated rings. The van der Waals surface area contributed by atoms with E-state index in [9.17, 15) is 30.4 Å². The number of benzene rings is 1. The van der Waals surface area contributed by atoms with Crippen molar-refractivity contribution in [3.8, 4) is 0 Å². The lowest BCUT2D eigenvalue weighted by Gasteiger charge is -2.33. The second-order valence-electron chi connectivity index (χ2n) is 5.62. The summed E-state index contributed by atoms with van der Waals surface area (Å²) in [4.78, 5) is -0.977. The molecule has 1 aliphatic carbocycles. The molecule has 1 saturated carbocycles. The molecule has 130 valence electrons. The molecular formula is C14H16F5NO2S. The van der Waals surface area contributed by atoms with E-state index in [4.69, 9.17) is 0 Å². The average molecular weight is 357 g/mol. The highest BCUT2D eigenvalue weighted by Crippen LogP contribution is 2.41. The predicted molar refractivity (Wildman–Crippen MR) is 73.7 cm³/mol. The lowest BCUT2D eigenvalue weighted by Crippen LogP contribution is -2.42. The molecule has 1 N–H and O–H groups in total. The summed E-state index contributed by atoms with van der Waals surface area (Å²) in [5.74, 6) is -1.37. The lowest BCUT2D eigenvalue weighted by molar-refractivity contribution is -0.137. The fourth-order valence-corrected chi connectivity index (χ4v) is 4.44. The van der Waals surface area contributed by atoms with Gasteiger partial charge < -0.3 is 5.32 Å². The van der Waals surface area contributed by atoms with Crippen LogP contribution in [-0.4, -0.2) is 26.5 Å². The standard InChI is InChI=1S/C14H16F5NO2S/c1-20-11-2-4-13(16,5-3-11)23(21,22)12-7-9(14(17,18)19)6-10(15)8-12/h6-8,11,20H,2-5H2,1H3/t11-,13+. The van der Waals surface area contributed by atoms with Crippen LogP contribution in [-0.2, 0) is 16.0 Å². The Balaban J connectivity index is 2.42. The molecule has 0 bridgehead atoms.